The molecule has 1 unspecified atom stereocenters. The molecule has 1 saturated heterocycles. The average molecular weight is 269 g/mol. The fourth-order valence-corrected chi connectivity index (χ4v) is 2.06. The predicted octanol–water partition coefficient (Wildman–Crippen LogP) is 1.12. The Hall–Kier alpha value is -1.59. The quantitative estimate of drug-likeness (QED) is 0.862. The van der Waals surface area contributed by atoms with Crippen LogP contribution in [0.25, 0.3) is 0 Å². The fraction of sp³-hybridized carbons (Fsp3) is 0.333. The summed E-state index contributed by atoms with van der Waals surface area (Å²) in [5.41, 5.74) is 0.737. The first-order valence-corrected chi connectivity index (χ1v) is 5.95. The molecule has 1 aromatic carbocycles. The summed E-state index contributed by atoms with van der Waals surface area (Å²) in [4.78, 5) is 24.1. The standard InChI is InChI=1S/C12H13ClN2O3/c13-8-1-3-10(4-2-8)15-7-9(5-12(17)18)14-6-11(15)16/h1-4,9,14H,5-7H2,(H,17,18). The van der Waals surface area contributed by atoms with Crippen LogP contribution >= 0.6 is 11.6 Å². The molecular formula is C12H13ClN2O3. The van der Waals surface area contributed by atoms with E-state index in [1.165, 1.54) is 0 Å². The number of halogens is 1. The highest BCUT2D eigenvalue weighted by Gasteiger charge is 2.27. The lowest BCUT2D eigenvalue weighted by molar-refractivity contribution is -0.138. The highest BCUT2D eigenvalue weighted by Crippen LogP contribution is 2.20. The SMILES string of the molecule is O=C(O)CC1CN(c2ccc(Cl)cc2)C(=O)CN1. The van der Waals surface area contributed by atoms with Gasteiger partial charge >= 0.3 is 5.97 Å². The smallest absolute Gasteiger partial charge is 0.304 e. The van der Waals surface area contributed by atoms with Crippen molar-refractivity contribution in [1.82, 2.24) is 5.32 Å². The summed E-state index contributed by atoms with van der Waals surface area (Å²) in [6.45, 7) is 0.507. The molecule has 0 spiro atoms. The van der Waals surface area contributed by atoms with Crippen molar-refractivity contribution in [3.05, 3.63) is 29.3 Å². The molecular weight excluding hydrogens is 256 g/mol. The van der Waals surface area contributed by atoms with E-state index in [0.29, 0.717) is 11.6 Å². The number of hydrogen-bond donors (Lipinski definition) is 2. The van der Waals surface area contributed by atoms with Crippen LogP contribution in [0.15, 0.2) is 24.3 Å². The summed E-state index contributed by atoms with van der Waals surface area (Å²) >= 11 is 5.79. The molecule has 0 aliphatic carbocycles. The number of carbonyl (C=O) groups is 2. The number of rotatable bonds is 3. The zero-order valence-corrected chi connectivity index (χ0v) is 10.4. The number of hydrogen-bond acceptors (Lipinski definition) is 3. The van der Waals surface area contributed by atoms with Gasteiger partial charge in [0, 0.05) is 23.3 Å². The summed E-state index contributed by atoms with van der Waals surface area (Å²) in [7, 11) is 0. The number of nitrogens with zero attached hydrogens (tertiary/aromatic N) is 1. The maximum Gasteiger partial charge on any atom is 0.304 e. The van der Waals surface area contributed by atoms with Crippen LogP contribution in [0.4, 0.5) is 5.69 Å². The predicted molar refractivity (Wildman–Crippen MR) is 67.8 cm³/mol. The van der Waals surface area contributed by atoms with E-state index < -0.39 is 5.97 Å². The second-order valence-corrected chi connectivity index (χ2v) is 4.59. The third kappa shape index (κ3) is 3.00. The largest absolute Gasteiger partial charge is 0.481 e. The first-order valence-electron chi connectivity index (χ1n) is 5.57. The van der Waals surface area contributed by atoms with Crippen LogP contribution in [-0.4, -0.2) is 36.1 Å². The molecule has 1 aromatic rings. The molecule has 0 saturated carbocycles. The van der Waals surface area contributed by atoms with Gasteiger partial charge in [0.15, 0.2) is 0 Å². The van der Waals surface area contributed by atoms with Gasteiger partial charge in [-0.3, -0.25) is 9.59 Å². The van der Waals surface area contributed by atoms with Gasteiger partial charge in [-0.15, -0.1) is 0 Å². The zero-order chi connectivity index (χ0) is 13.1. The normalized spacial score (nSPS) is 19.9. The molecule has 1 amide bonds. The Bertz CT molecular complexity index is 461. The maximum absolute atomic E-state index is 11.8. The van der Waals surface area contributed by atoms with Gasteiger partial charge in [-0.1, -0.05) is 11.6 Å². The first-order chi connectivity index (χ1) is 8.56. The van der Waals surface area contributed by atoms with Crippen LogP contribution in [0.2, 0.25) is 5.02 Å². The molecule has 1 atom stereocenters. The summed E-state index contributed by atoms with van der Waals surface area (Å²) in [5, 5.41) is 12.3. The topological polar surface area (TPSA) is 69.6 Å². The van der Waals surface area contributed by atoms with Gasteiger partial charge in [-0.25, -0.2) is 0 Å². The number of aliphatic carboxylic acids is 1. The molecule has 5 nitrogen and oxygen atoms in total. The number of piperazine rings is 1. The van der Waals surface area contributed by atoms with Gasteiger partial charge in [-0.2, -0.15) is 0 Å². The molecule has 0 bridgehead atoms. The molecule has 2 N–H and O–H groups in total. The highest BCUT2D eigenvalue weighted by molar-refractivity contribution is 6.30. The Balaban J connectivity index is 2.12. The molecule has 2 rings (SSSR count). The van der Waals surface area contributed by atoms with Crippen molar-refractivity contribution in [2.75, 3.05) is 18.0 Å². The lowest BCUT2D eigenvalue weighted by Gasteiger charge is -2.32. The fourth-order valence-electron chi connectivity index (χ4n) is 1.93. The third-order valence-electron chi connectivity index (χ3n) is 2.81. The molecule has 0 radical (unpaired) electrons. The van der Waals surface area contributed by atoms with Crippen molar-refractivity contribution in [2.24, 2.45) is 0 Å². The number of carbonyl (C=O) groups excluding carboxylic acids is 1. The highest BCUT2D eigenvalue weighted by atomic mass is 35.5. The first kappa shape index (κ1) is 12.9. The Morgan fingerprint density at radius 3 is 2.72 bits per heavy atom. The maximum atomic E-state index is 11.8. The van der Waals surface area contributed by atoms with Crippen molar-refractivity contribution in [3.8, 4) is 0 Å². The van der Waals surface area contributed by atoms with E-state index >= 15 is 0 Å². The number of anilines is 1. The molecule has 1 fully saturated rings. The van der Waals surface area contributed by atoms with Gasteiger partial charge in [0.05, 0.1) is 13.0 Å². The van der Waals surface area contributed by atoms with E-state index in [1.807, 2.05) is 0 Å². The molecule has 18 heavy (non-hydrogen) atoms. The van der Waals surface area contributed by atoms with Crippen LogP contribution < -0.4 is 10.2 Å². The molecule has 6 heteroatoms. The Labute approximate surface area is 109 Å². The van der Waals surface area contributed by atoms with Crippen molar-refractivity contribution in [2.45, 2.75) is 12.5 Å². The van der Waals surface area contributed by atoms with E-state index in [4.69, 9.17) is 16.7 Å². The summed E-state index contributed by atoms with van der Waals surface area (Å²) in [6.07, 6.45) is -0.00261. The van der Waals surface area contributed by atoms with Gasteiger partial charge in [0.2, 0.25) is 5.91 Å². The molecule has 0 aromatic heterocycles. The van der Waals surface area contributed by atoms with Gasteiger partial charge in [0.25, 0.3) is 0 Å². The van der Waals surface area contributed by atoms with E-state index in [1.54, 1.807) is 29.2 Å². The van der Waals surface area contributed by atoms with E-state index in [-0.39, 0.29) is 24.9 Å². The average Bonchev–Trinajstić information content (AvgIpc) is 2.32. The minimum Gasteiger partial charge on any atom is -0.481 e. The van der Waals surface area contributed by atoms with Crippen molar-refractivity contribution < 1.29 is 14.7 Å². The lowest BCUT2D eigenvalue weighted by atomic mass is 10.1. The van der Waals surface area contributed by atoms with Crippen LogP contribution in [-0.2, 0) is 9.59 Å². The van der Waals surface area contributed by atoms with Crippen LogP contribution in [0.3, 0.4) is 0 Å². The molecule has 1 aliphatic heterocycles. The van der Waals surface area contributed by atoms with Crippen molar-refractivity contribution in [1.29, 1.82) is 0 Å². The Morgan fingerprint density at radius 1 is 1.44 bits per heavy atom. The molecule has 96 valence electrons. The Morgan fingerprint density at radius 2 is 2.11 bits per heavy atom. The van der Waals surface area contributed by atoms with Crippen molar-refractivity contribution in [3.63, 3.8) is 0 Å². The summed E-state index contributed by atoms with van der Waals surface area (Å²) in [5.74, 6) is -0.947. The van der Waals surface area contributed by atoms with Gasteiger partial charge in [-0.05, 0) is 24.3 Å². The molecule has 1 aliphatic rings. The molecule has 1 heterocycles. The van der Waals surface area contributed by atoms with Crippen LogP contribution in [0.1, 0.15) is 6.42 Å². The minimum absolute atomic E-state index is 0.00261. The van der Waals surface area contributed by atoms with Gasteiger partial charge < -0.3 is 15.3 Å². The summed E-state index contributed by atoms with van der Waals surface area (Å²) < 4.78 is 0. The Kier molecular flexibility index (Phi) is 3.84. The van der Waals surface area contributed by atoms with Gasteiger partial charge in [0.1, 0.15) is 0 Å². The van der Waals surface area contributed by atoms with E-state index in [0.717, 1.165) is 5.69 Å². The third-order valence-corrected chi connectivity index (χ3v) is 3.06. The summed E-state index contributed by atoms with van der Waals surface area (Å²) in [6, 6.07) is 6.69. The van der Waals surface area contributed by atoms with E-state index in [9.17, 15) is 9.59 Å². The number of nitrogens with one attached hydrogen (secondary N) is 1. The minimum atomic E-state index is -0.877. The zero-order valence-electron chi connectivity index (χ0n) is 9.60. The van der Waals surface area contributed by atoms with Crippen LogP contribution in [0.5, 0.6) is 0 Å². The van der Waals surface area contributed by atoms with E-state index in [2.05, 4.69) is 5.32 Å². The number of carboxylic acid groups (broad SMARTS) is 1. The van der Waals surface area contributed by atoms with Crippen molar-refractivity contribution >= 4 is 29.2 Å². The lowest BCUT2D eigenvalue weighted by Crippen LogP contribution is -2.54. The monoisotopic (exact) mass is 268 g/mol. The second-order valence-electron chi connectivity index (χ2n) is 4.16. The number of benzene rings is 1. The second kappa shape index (κ2) is 5.37. The number of amides is 1. The number of carboxylic acids is 1. The van der Waals surface area contributed by atoms with Crippen LogP contribution in [0, 0.1) is 0 Å².